The molecule has 2 aromatic heterocycles. The first-order valence-electron chi connectivity index (χ1n) is 19.0. The number of hydrogen-bond donors (Lipinski definition) is 0. The zero-order chi connectivity index (χ0) is 37.0. The van der Waals surface area contributed by atoms with Crippen LogP contribution in [-0.4, -0.2) is 4.57 Å². The summed E-state index contributed by atoms with van der Waals surface area (Å²) in [6.45, 7) is 0. The molecule has 11 rings (SSSR count). The lowest BCUT2D eigenvalue weighted by atomic mass is 10.0. The average Bonchev–Trinajstić information content (AvgIpc) is 3.82. The normalized spacial score (nSPS) is 11.6. The lowest BCUT2D eigenvalue weighted by Crippen LogP contribution is -2.13. The van der Waals surface area contributed by atoms with Crippen LogP contribution in [0.15, 0.2) is 217 Å². The van der Waals surface area contributed by atoms with Gasteiger partial charge in [0, 0.05) is 55.7 Å². The maximum atomic E-state index is 6.79. The van der Waals surface area contributed by atoms with Crippen molar-refractivity contribution in [3.8, 4) is 5.69 Å². The first-order valence-corrected chi connectivity index (χ1v) is 19.0. The standard InChI is InChI=1S/C52H35N3O/c1-4-17-37(18-5-1)53(42-31-32-45-44-26-12-13-28-47(44)55(49(45)35-42)39-21-8-3-9-22-39)40-23-14-24-41(34-40)54(38-19-6-2-7-20-38)48-29-15-27-46-51-43-25-11-10-16-36(43)30-33-50(51)56-52(46)48/h1-35H. The van der Waals surface area contributed by atoms with Gasteiger partial charge >= 0.3 is 0 Å². The van der Waals surface area contributed by atoms with Gasteiger partial charge in [0.1, 0.15) is 5.58 Å². The molecule has 0 aliphatic carbocycles. The highest BCUT2D eigenvalue weighted by Crippen LogP contribution is 2.46. The molecule has 0 saturated heterocycles. The van der Waals surface area contributed by atoms with Gasteiger partial charge in [0.15, 0.2) is 5.58 Å². The lowest BCUT2D eigenvalue weighted by Gasteiger charge is -2.29. The molecule has 2 heterocycles. The monoisotopic (exact) mass is 717 g/mol. The van der Waals surface area contributed by atoms with Crippen LogP contribution >= 0.6 is 0 Å². The Labute approximate surface area is 324 Å². The summed E-state index contributed by atoms with van der Waals surface area (Å²) in [6, 6.07) is 75.5. The molecule has 0 saturated carbocycles. The highest BCUT2D eigenvalue weighted by atomic mass is 16.3. The van der Waals surface area contributed by atoms with Gasteiger partial charge in [-0.25, -0.2) is 0 Å². The summed E-state index contributed by atoms with van der Waals surface area (Å²) in [4.78, 5) is 4.67. The Morgan fingerprint density at radius 1 is 0.357 bits per heavy atom. The minimum atomic E-state index is 0.854. The highest BCUT2D eigenvalue weighted by molar-refractivity contribution is 6.21. The van der Waals surface area contributed by atoms with Crippen molar-refractivity contribution in [2.75, 3.05) is 9.80 Å². The van der Waals surface area contributed by atoms with E-state index in [9.17, 15) is 0 Å². The Kier molecular flexibility index (Phi) is 7.46. The molecule has 0 N–H and O–H groups in total. The maximum absolute atomic E-state index is 6.79. The second-order valence-corrected chi connectivity index (χ2v) is 14.2. The van der Waals surface area contributed by atoms with Crippen molar-refractivity contribution in [2.24, 2.45) is 0 Å². The topological polar surface area (TPSA) is 24.6 Å². The molecule has 0 spiro atoms. The Bertz CT molecular complexity index is 3200. The minimum absolute atomic E-state index is 0.854. The molecule has 0 aliphatic rings. The molecule has 0 aliphatic heterocycles. The second-order valence-electron chi connectivity index (χ2n) is 14.2. The van der Waals surface area contributed by atoms with Crippen molar-refractivity contribution in [3.63, 3.8) is 0 Å². The van der Waals surface area contributed by atoms with E-state index in [0.717, 1.165) is 67.3 Å². The van der Waals surface area contributed by atoms with E-state index in [2.05, 4.69) is 227 Å². The van der Waals surface area contributed by atoms with Crippen LogP contribution < -0.4 is 9.80 Å². The predicted molar refractivity (Wildman–Crippen MR) is 235 cm³/mol. The van der Waals surface area contributed by atoms with E-state index >= 15 is 0 Å². The van der Waals surface area contributed by atoms with E-state index in [1.807, 2.05) is 0 Å². The molecular formula is C52H35N3O. The molecule has 0 amide bonds. The van der Waals surface area contributed by atoms with Crippen molar-refractivity contribution in [2.45, 2.75) is 0 Å². The van der Waals surface area contributed by atoms with Gasteiger partial charge in [0.25, 0.3) is 0 Å². The van der Waals surface area contributed by atoms with Crippen molar-refractivity contribution >= 4 is 88.6 Å². The Morgan fingerprint density at radius 3 is 1.71 bits per heavy atom. The van der Waals surface area contributed by atoms with Crippen LogP contribution in [-0.2, 0) is 0 Å². The van der Waals surface area contributed by atoms with Gasteiger partial charge in [0.05, 0.1) is 16.7 Å². The molecule has 0 bridgehead atoms. The van der Waals surface area contributed by atoms with Gasteiger partial charge in [0.2, 0.25) is 0 Å². The molecule has 264 valence electrons. The summed E-state index contributed by atoms with van der Waals surface area (Å²) in [5.41, 5.74) is 11.4. The molecule has 4 nitrogen and oxygen atoms in total. The first-order chi connectivity index (χ1) is 27.8. The number of para-hydroxylation sites is 5. The third-order valence-corrected chi connectivity index (χ3v) is 10.9. The molecule has 11 aromatic rings. The van der Waals surface area contributed by atoms with Crippen LogP contribution in [0, 0.1) is 0 Å². The molecule has 0 unspecified atom stereocenters. The van der Waals surface area contributed by atoms with Crippen LogP contribution in [0.3, 0.4) is 0 Å². The number of benzene rings is 9. The molecule has 56 heavy (non-hydrogen) atoms. The molecular weight excluding hydrogens is 683 g/mol. The van der Waals surface area contributed by atoms with Gasteiger partial charge in [-0.2, -0.15) is 0 Å². The van der Waals surface area contributed by atoms with Crippen molar-refractivity contribution in [1.29, 1.82) is 0 Å². The van der Waals surface area contributed by atoms with Crippen LogP contribution in [0.4, 0.5) is 34.1 Å². The van der Waals surface area contributed by atoms with E-state index in [0.29, 0.717) is 0 Å². The lowest BCUT2D eigenvalue weighted by molar-refractivity contribution is 0.669. The fourth-order valence-electron chi connectivity index (χ4n) is 8.48. The van der Waals surface area contributed by atoms with E-state index in [1.165, 1.54) is 27.1 Å². The third-order valence-electron chi connectivity index (χ3n) is 10.9. The number of anilines is 6. The largest absolute Gasteiger partial charge is 0.454 e. The summed E-state index contributed by atoms with van der Waals surface area (Å²) in [7, 11) is 0. The quantitative estimate of drug-likeness (QED) is 0.164. The Balaban J connectivity index is 1.12. The average molecular weight is 718 g/mol. The highest BCUT2D eigenvalue weighted by Gasteiger charge is 2.22. The maximum Gasteiger partial charge on any atom is 0.159 e. The SMILES string of the molecule is c1ccc(N(c2cccc(N(c3ccccc3)c3cccc4c3oc3ccc5ccccc5c34)c2)c2ccc3c4ccccc4n(-c4ccccc4)c3c2)cc1. The van der Waals surface area contributed by atoms with Crippen LogP contribution in [0.5, 0.6) is 0 Å². The zero-order valence-corrected chi connectivity index (χ0v) is 30.5. The Hall–Kier alpha value is -7.56. The molecule has 0 radical (unpaired) electrons. The number of furan rings is 1. The number of hydrogen-bond acceptors (Lipinski definition) is 3. The Morgan fingerprint density at radius 2 is 0.929 bits per heavy atom. The molecule has 4 heteroatoms. The van der Waals surface area contributed by atoms with Gasteiger partial charge in [-0.15, -0.1) is 0 Å². The van der Waals surface area contributed by atoms with Gasteiger partial charge in [-0.1, -0.05) is 127 Å². The van der Waals surface area contributed by atoms with Crippen LogP contribution in [0.1, 0.15) is 0 Å². The zero-order valence-electron chi connectivity index (χ0n) is 30.5. The minimum Gasteiger partial charge on any atom is -0.454 e. The summed E-state index contributed by atoms with van der Waals surface area (Å²) in [5.74, 6) is 0. The second kappa shape index (κ2) is 13.1. The fraction of sp³-hybridized carbons (Fsp3) is 0. The van der Waals surface area contributed by atoms with Gasteiger partial charge in [-0.3, -0.25) is 0 Å². The molecule has 0 fully saturated rings. The van der Waals surface area contributed by atoms with Crippen LogP contribution in [0.25, 0.3) is 60.2 Å². The van der Waals surface area contributed by atoms with Crippen molar-refractivity contribution < 1.29 is 4.42 Å². The smallest absolute Gasteiger partial charge is 0.159 e. The fourth-order valence-corrected chi connectivity index (χ4v) is 8.48. The van der Waals surface area contributed by atoms with E-state index in [1.54, 1.807) is 0 Å². The number of nitrogens with zero attached hydrogens (tertiary/aromatic N) is 3. The summed E-state index contributed by atoms with van der Waals surface area (Å²) >= 11 is 0. The van der Waals surface area contributed by atoms with Gasteiger partial charge in [-0.05, 0) is 95.7 Å². The predicted octanol–water partition coefficient (Wildman–Crippen LogP) is 14.8. The molecule has 0 atom stereocenters. The van der Waals surface area contributed by atoms with E-state index in [-0.39, 0.29) is 0 Å². The molecule has 9 aromatic carbocycles. The van der Waals surface area contributed by atoms with Crippen LogP contribution in [0.2, 0.25) is 0 Å². The first kappa shape index (κ1) is 31.9. The van der Waals surface area contributed by atoms with Crippen molar-refractivity contribution in [3.05, 3.63) is 212 Å². The summed E-state index contributed by atoms with van der Waals surface area (Å²) in [6.07, 6.45) is 0. The number of rotatable bonds is 7. The number of fused-ring (bicyclic) bond motifs is 8. The van der Waals surface area contributed by atoms with E-state index < -0.39 is 0 Å². The van der Waals surface area contributed by atoms with E-state index in [4.69, 9.17) is 4.42 Å². The summed E-state index contributed by atoms with van der Waals surface area (Å²) in [5, 5.41) is 7.08. The third kappa shape index (κ3) is 5.15. The number of aromatic nitrogens is 1. The van der Waals surface area contributed by atoms with Gasteiger partial charge < -0.3 is 18.8 Å². The van der Waals surface area contributed by atoms with Crippen molar-refractivity contribution in [1.82, 2.24) is 4.57 Å². The summed E-state index contributed by atoms with van der Waals surface area (Å²) < 4.78 is 9.17.